The van der Waals surface area contributed by atoms with Crippen molar-refractivity contribution in [2.24, 2.45) is 5.73 Å². The van der Waals surface area contributed by atoms with Crippen LogP contribution in [0.5, 0.6) is 0 Å². The summed E-state index contributed by atoms with van der Waals surface area (Å²) in [5.74, 6) is -0.204. The van der Waals surface area contributed by atoms with Gasteiger partial charge in [0, 0.05) is 11.6 Å². The highest BCUT2D eigenvalue weighted by atomic mass is 19.1. The number of halogens is 1. The number of fused-ring (bicyclic) bond motifs is 1. The van der Waals surface area contributed by atoms with Crippen molar-refractivity contribution >= 4 is 0 Å². The lowest BCUT2D eigenvalue weighted by molar-refractivity contribution is 0.579. The van der Waals surface area contributed by atoms with Crippen LogP contribution in [0.25, 0.3) is 0 Å². The van der Waals surface area contributed by atoms with Gasteiger partial charge in [-0.15, -0.1) is 0 Å². The van der Waals surface area contributed by atoms with Gasteiger partial charge in [-0.1, -0.05) is 35.9 Å². The van der Waals surface area contributed by atoms with Crippen LogP contribution in [0.15, 0.2) is 36.4 Å². The molecule has 0 saturated heterocycles. The van der Waals surface area contributed by atoms with Crippen molar-refractivity contribution in [2.45, 2.75) is 38.6 Å². The van der Waals surface area contributed by atoms with E-state index in [0.717, 1.165) is 12.0 Å². The van der Waals surface area contributed by atoms with Crippen molar-refractivity contribution in [1.29, 1.82) is 0 Å². The largest absolute Gasteiger partial charge is 0.324 e. The maximum Gasteiger partial charge on any atom is 0.128 e. The van der Waals surface area contributed by atoms with Crippen LogP contribution >= 0.6 is 0 Å². The maximum atomic E-state index is 13.9. The zero-order valence-electron chi connectivity index (χ0n) is 11.8. The van der Waals surface area contributed by atoms with E-state index in [0.29, 0.717) is 12.0 Å². The van der Waals surface area contributed by atoms with Gasteiger partial charge in [0.15, 0.2) is 0 Å². The first-order valence-electron chi connectivity index (χ1n) is 7.26. The third kappa shape index (κ3) is 2.61. The summed E-state index contributed by atoms with van der Waals surface area (Å²) in [7, 11) is 0. The van der Waals surface area contributed by atoms with E-state index >= 15 is 0 Å². The Labute approximate surface area is 119 Å². The summed E-state index contributed by atoms with van der Waals surface area (Å²) >= 11 is 0. The molecule has 2 heteroatoms. The van der Waals surface area contributed by atoms with Gasteiger partial charge in [0.05, 0.1) is 0 Å². The molecule has 0 radical (unpaired) electrons. The summed E-state index contributed by atoms with van der Waals surface area (Å²) in [6.07, 6.45) is 4.29. The van der Waals surface area contributed by atoms with Crippen molar-refractivity contribution in [3.05, 3.63) is 70.0 Å². The van der Waals surface area contributed by atoms with Crippen molar-refractivity contribution in [3.8, 4) is 0 Å². The van der Waals surface area contributed by atoms with Gasteiger partial charge in [-0.05, 0) is 55.4 Å². The van der Waals surface area contributed by atoms with Gasteiger partial charge in [-0.3, -0.25) is 0 Å². The minimum Gasteiger partial charge on any atom is -0.324 e. The van der Waals surface area contributed by atoms with Crippen LogP contribution in [0, 0.1) is 12.7 Å². The molecule has 2 aromatic rings. The lowest BCUT2D eigenvalue weighted by Gasteiger charge is -2.14. The van der Waals surface area contributed by atoms with Crippen LogP contribution in [0.3, 0.4) is 0 Å². The number of benzene rings is 2. The molecule has 1 aliphatic carbocycles. The van der Waals surface area contributed by atoms with Crippen LogP contribution in [0.4, 0.5) is 4.39 Å². The lowest BCUT2D eigenvalue weighted by Crippen LogP contribution is -2.15. The van der Waals surface area contributed by atoms with Gasteiger partial charge in [-0.2, -0.15) is 0 Å². The maximum absolute atomic E-state index is 13.9. The van der Waals surface area contributed by atoms with E-state index in [4.69, 9.17) is 5.73 Å². The van der Waals surface area contributed by atoms with E-state index in [9.17, 15) is 4.39 Å². The van der Waals surface area contributed by atoms with Crippen LogP contribution < -0.4 is 5.73 Å². The number of aryl methyl sites for hydroxylation is 3. The molecule has 1 atom stereocenters. The minimum atomic E-state index is -0.283. The monoisotopic (exact) mass is 269 g/mol. The van der Waals surface area contributed by atoms with E-state index in [1.807, 2.05) is 13.0 Å². The Morgan fingerprint density at radius 2 is 1.90 bits per heavy atom. The molecule has 20 heavy (non-hydrogen) atoms. The zero-order chi connectivity index (χ0) is 14.1. The Morgan fingerprint density at radius 1 is 1.10 bits per heavy atom. The second-order valence-corrected chi connectivity index (χ2v) is 5.79. The Hall–Kier alpha value is -1.67. The summed E-state index contributed by atoms with van der Waals surface area (Å²) in [6, 6.07) is 11.4. The van der Waals surface area contributed by atoms with Gasteiger partial charge in [0.25, 0.3) is 0 Å². The molecule has 3 rings (SSSR count). The SMILES string of the molecule is Cc1ccc(F)c(C(N)Cc2ccc3c(c2)CCC3)c1. The van der Waals surface area contributed by atoms with E-state index in [-0.39, 0.29) is 11.9 Å². The van der Waals surface area contributed by atoms with E-state index in [1.54, 1.807) is 6.07 Å². The lowest BCUT2D eigenvalue weighted by atomic mass is 9.96. The van der Waals surface area contributed by atoms with Gasteiger partial charge < -0.3 is 5.73 Å². The molecule has 2 aromatic carbocycles. The highest BCUT2D eigenvalue weighted by Gasteiger charge is 2.15. The second-order valence-electron chi connectivity index (χ2n) is 5.79. The van der Waals surface area contributed by atoms with Crippen molar-refractivity contribution in [3.63, 3.8) is 0 Å². The second kappa shape index (κ2) is 5.37. The Morgan fingerprint density at radius 3 is 2.75 bits per heavy atom. The molecule has 0 fully saturated rings. The van der Waals surface area contributed by atoms with Crippen LogP contribution in [0.2, 0.25) is 0 Å². The highest BCUT2D eigenvalue weighted by molar-refractivity contribution is 5.36. The Balaban J connectivity index is 1.82. The number of hydrogen-bond donors (Lipinski definition) is 1. The molecule has 0 aromatic heterocycles. The summed E-state index contributed by atoms with van der Waals surface area (Å²) in [6.45, 7) is 1.96. The summed E-state index contributed by atoms with van der Waals surface area (Å²) < 4.78 is 13.9. The molecule has 0 spiro atoms. The molecule has 0 saturated carbocycles. The smallest absolute Gasteiger partial charge is 0.128 e. The van der Waals surface area contributed by atoms with E-state index < -0.39 is 0 Å². The average molecular weight is 269 g/mol. The zero-order valence-corrected chi connectivity index (χ0v) is 11.8. The first-order valence-corrected chi connectivity index (χ1v) is 7.26. The number of nitrogens with two attached hydrogens (primary N) is 1. The van der Waals surface area contributed by atoms with Gasteiger partial charge in [0.2, 0.25) is 0 Å². The third-order valence-corrected chi connectivity index (χ3v) is 4.17. The molecular weight excluding hydrogens is 249 g/mol. The van der Waals surface area contributed by atoms with E-state index in [2.05, 4.69) is 18.2 Å². The molecule has 104 valence electrons. The predicted molar refractivity (Wildman–Crippen MR) is 80.2 cm³/mol. The molecule has 1 unspecified atom stereocenters. The van der Waals surface area contributed by atoms with Crippen molar-refractivity contribution in [2.75, 3.05) is 0 Å². The fourth-order valence-corrected chi connectivity index (χ4v) is 3.06. The van der Waals surface area contributed by atoms with Gasteiger partial charge in [0.1, 0.15) is 5.82 Å². The average Bonchev–Trinajstić information content (AvgIpc) is 2.89. The quantitative estimate of drug-likeness (QED) is 0.899. The first kappa shape index (κ1) is 13.3. The highest BCUT2D eigenvalue weighted by Crippen LogP contribution is 2.26. The topological polar surface area (TPSA) is 26.0 Å². The summed E-state index contributed by atoms with van der Waals surface area (Å²) in [5, 5.41) is 0. The fraction of sp³-hybridized carbons (Fsp3) is 0.333. The summed E-state index contributed by atoms with van der Waals surface area (Å²) in [5.41, 5.74) is 12.0. The van der Waals surface area contributed by atoms with Crippen molar-refractivity contribution in [1.82, 2.24) is 0 Å². The number of rotatable bonds is 3. The van der Waals surface area contributed by atoms with Gasteiger partial charge in [-0.25, -0.2) is 4.39 Å². The van der Waals surface area contributed by atoms with Crippen LogP contribution in [-0.2, 0) is 19.3 Å². The van der Waals surface area contributed by atoms with Crippen LogP contribution in [-0.4, -0.2) is 0 Å². The molecule has 0 heterocycles. The molecule has 2 N–H and O–H groups in total. The molecule has 1 aliphatic rings. The standard InChI is InChI=1S/C18H20FN/c1-12-5-8-17(19)16(9-12)18(20)11-13-6-7-14-3-2-4-15(14)10-13/h5-10,18H,2-4,11,20H2,1H3. The van der Waals surface area contributed by atoms with E-state index in [1.165, 1.54) is 35.6 Å². The Bertz CT molecular complexity index is 633. The number of hydrogen-bond acceptors (Lipinski definition) is 1. The molecule has 0 bridgehead atoms. The summed E-state index contributed by atoms with van der Waals surface area (Å²) in [4.78, 5) is 0. The normalized spacial score (nSPS) is 15.2. The Kier molecular flexibility index (Phi) is 3.58. The van der Waals surface area contributed by atoms with Crippen LogP contribution in [0.1, 0.15) is 40.3 Å². The van der Waals surface area contributed by atoms with Crippen molar-refractivity contribution < 1.29 is 4.39 Å². The molecule has 0 aliphatic heterocycles. The molecular formula is C18H20FN. The molecule has 0 amide bonds. The third-order valence-electron chi connectivity index (χ3n) is 4.17. The van der Waals surface area contributed by atoms with Gasteiger partial charge >= 0.3 is 0 Å². The molecule has 1 nitrogen and oxygen atoms in total. The fourth-order valence-electron chi connectivity index (χ4n) is 3.06. The minimum absolute atomic E-state index is 0.204. The predicted octanol–water partition coefficient (Wildman–Crippen LogP) is 3.87. The first-order chi connectivity index (χ1) is 9.63.